The van der Waals surface area contributed by atoms with E-state index in [0.717, 1.165) is 6.07 Å². The summed E-state index contributed by atoms with van der Waals surface area (Å²) in [5.74, 6) is -1.09. The van der Waals surface area contributed by atoms with Gasteiger partial charge in [0.15, 0.2) is 11.5 Å². The number of ether oxygens (including phenoxy) is 2. The molecule has 0 saturated carbocycles. The highest BCUT2D eigenvalue weighted by atomic mass is 16.6. The smallest absolute Gasteiger partial charge is 0.342 e. The third-order valence-corrected chi connectivity index (χ3v) is 2.29. The Morgan fingerprint density at radius 2 is 2.00 bits per heavy atom. The Morgan fingerprint density at radius 1 is 1.41 bits per heavy atom. The van der Waals surface area contributed by atoms with Gasteiger partial charge in [0.1, 0.15) is 5.56 Å². The topological polar surface area (TPSA) is 98.9 Å². The van der Waals surface area contributed by atoms with Crippen molar-refractivity contribution in [2.75, 3.05) is 14.2 Å². The van der Waals surface area contributed by atoms with E-state index in [0.29, 0.717) is 0 Å². The molecule has 1 N–H and O–H groups in total. The molecule has 0 bridgehead atoms. The normalized spacial score (nSPS) is 9.82. The Hall–Kier alpha value is -2.31. The van der Waals surface area contributed by atoms with Crippen LogP contribution in [-0.4, -0.2) is 30.2 Å². The number of hydrogen-bond donors (Lipinski definition) is 1. The van der Waals surface area contributed by atoms with Gasteiger partial charge >= 0.3 is 5.97 Å². The Morgan fingerprint density at radius 3 is 2.35 bits per heavy atom. The number of aromatic carboxylic acids is 1. The van der Waals surface area contributed by atoms with Gasteiger partial charge in [-0.05, 0) is 6.92 Å². The van der Waals surface area contributed by atoms with Crippen molar-refractivity contribution >= 4 is 11.7 Å². The van der Waals surface area contributed by atoms with Crippen molar-refractivity contribution < 1.29 is 24.3 Å². The van der Waals surface area contributed by atoms with Crippen LogP contribution in [0, 0.1) is 17.0 Å². The molecule has 7 heteroatoms. The van der Waals surface area contributed by atoms with E-state index >= 15 is 0 Å². The summed E-state index contributed by atoms with van der Waals surface area (Å²) in [5, 5.41) is 19.8. The maximum atomic E-state index is 10.9. The van der Waals surface area contributed by atoms with Crippen LogP contribution in [0.4, 0.5) is 5.69 Å². The highest BCUT2D eigenvalue weighted by Gasteiger charge is 2.28. The minimum Gasteiger partial charge on any atom is -0.493 e. The van der Waals surface area contributed by atoms with E-state index in [9.17, 15) is 14.9 Å². The second-order valence-electron chi connectivity index (χ2n) is 3.20. The molecule has 0 radical (unpaired) electrons. The summed E-state index contributed by atoms with van der Waals surface area (Å²) in [4.78, 5) is 21.1. The Balaban J connectivity index is 3.67. The summed E-state index contributed by atoms with van der Waals surface area (Å²) >= 11 is 0. The average Bonchev–Trinajstić information content (AvgIpc) is 2.26. The summed E-state index contributed by atoms with van der Waals surface area (Å²) in [6, 6.07) is 1.08. The van der Waals surface area contributed by atoms with Crippen LogP contribution in [0.25, 0.3) is 0 Å². The molecule has 0 unspecified atom stereocenters. The predicted octanol–water partition coefficient (Wildman–Crippen LogP) is 1.62. The maximum absolute atomic E-state index is 10.9. The lowest BCUT2D eigenvalue weighted by Gasteiger charge is -2.12. The van der Waals surface area contributed by atoms with Crippen molar-refractivity contribution in [3.8, 4) is 11.5 Å². The van der Waals surface area contributed by atoms with E-state index in [1.54, 1.807) is 0 Å². The Kier molecular flexibility index (Phi) is 3.52. The molecular weight excluding hydrogens is 230 g/mol. The molecule has 1 rings (SSSR count). The van der Waals surface area contributed by atoms with Gasteiger partial charge in [-0.15, -0.1) is 0 Å². The molecule has 0 spiro atoms. The lowest BCUT2D eigenvalue weighted by atomic mass is 10.1. The van der Waals surface area contributed by atoms with E-state index in [1.807, 2.05) is 0 Å². The second kappa shape index (κ2) is 4.69. The van der Waals surface area contributed by atoms with Gasteiger partial charge < -0.3 is 14.6 Å². The summed E-state index contributed by atoms with van der Waals surface area (Å²) in [6.45, 7) is 1.41. The van der Waals surface area contributed by atoms with Gasteiger partial charge in [-0.25, -0.2) is 4.79 Å². The second-order valence-corrected chi connectivity index (χ2v) is 3.20. The zero-order chi connectivity index (χ0) is 13.2. The SMILES string of the molecule is COc1cc(C(=O)O)c([N+](=O)[O-])c(C)c1OC. The molecule has 0 atom stereocenters. The van der Waals surface area contributed by atoms with Gasteiger partial charge in [-0.2, -0.15) is 0 Å². The predicted molar refractivity (Wildman–Crippen MR) is 57.9 cm³/mol. The first-order valence-corrected chi connectivity index (χ1v) is 4.57. The third kappa shape index (κ3) is 2.12. The first-order chi connectivity index (χ1) is 7.93. The monoisotopic (exact) mass is 241 g/mol. The average molecular weight is 241 g/mol. The number of carboxylic acid groups (broad SMARTS) is 1. The summed E-state index contributed by atoms with van der Waals surface area (Å²) < 4.78 is 9.90. The fourth-order valence-electron chi connectivity index (χ4n) is 1.56. The molecule has 0 aliphatic carbocycles. The van der Waals surface area contributed by atoms with Gasteiger partial charge in [0.2, 0.25) is 0 Å². The minimum absolute atomic E-state index is 0.120. The molecule has 0 aromatic heterocycles. The first kappa shape index (κ1) is 12.8. The number of nitro benzene ring substituents is 1. The standard InChI is InChI=1S/C10H11NO6/c1-5-8(11(14)15)6(10(12)13)4-7(16-2)9(5)17-3/h4H,1-3H3,(H,12,13). The van der Waals surface area contributed by atoms with Crippen molar-refractivity contribution in [2.45, 2.75) is 6.92 Å². The van der Waals surface area contributed by atoms with E-state index in [1.165, 1.54) is 21.1 Å². The fourth-order valence-corrected chi connectivity index (χ4v) is 1.56. The van der Waals surface area contributed by atoms with Crippen LogP contribution in [0.15, 0.2) is 6.07 Å². The Labute approximate surface area is 96.7 Å². The molecule has 1 aromatic carbocycles. The molecule has 0 aliphatic heterocycles. The van der Waals surface area contributed by atoms with Gasteiger partial charge in [0.05, 0.1) is 24.7 Å². The highest BCUT2D eigenvalue weighted by Crippen LogP contribution is 2.39. The van der Waals surface area contributed by atoms with Gasteiger partial charge in [-0.1, -0.05) is 0 Å². The summed E-state index contributed by atoms with van der Waals surface area (Å²) in [7, 11) is 2.66. The van der Waals surface area contributed by atoms with Crippen LogP contribution in [0.1, 0.15) is 15.9 Å². The highest BCUT2D eigenvalue weighted by molar-refractivity contribution is 5.94. The first-order valence-electron chi connectivity index (χ1n) is 4.57. The number of rotatable bonds is 4. The Bertz CT molecular complexity index is 482. The van der Waals surface area contributed by atoms with Crippen LogP contribution in [0.5, 0.6) is 11.5 Å². The molecule has 1 aromatic rings. The molecule has 17 heavy (non-hydrogen) atoms. The van der Waals surface area contributed by atoms with Crippen molar-refractivity contribution in [2.24, 2.45) is 0 Å². The molecule has 0 aliphatic rings. The zero-order valence-corrected chi connectivity index (χ0v) is 9.51. The molecule has 7 nitrogen and oxygen atoms in total. The molecule has 92 valence electrons. The van der Waals surface area contributed by atoms with E-state index in [2.05, 4.69) is 0 Å². The number of carbonyl (C=O) groups is 1. The van der Waals surface area contributed by atoms with E-state index < -0.39 is 22.1 Å². The molecule has 0 fully saturated rings. The summed E-state index contributed by atoms with van der Waals surface area (Å²) in [6.07, 6.45) is 0. The zero-order valence-electron chi connectivity index (χ0n) is 9.51. The third-order valence-electron chi connectivity index (χ3n) is 2.29. The number of nitro groups is 1. The molecule has 0 saturated heterocycles. The quantitative estimate of drug-likeness (QED) is 0.635. The van der Waals surface area contributed by atoms with E-state index in [4.69, 9.17) is 14.6 Å². The maximum Gasteiger partial charge on any atom is 0.342 e. The summed E-state index contributed by atoms with van der Waals surface area (Å²) in [5.41, 5.74) is -0.797. The van der Waals surface area contributed by atoms with Gasteiger partial charge in [0.25, 0.3) is 5.69 Å². The van der Waals surface area contributed by atoms with Crippen molar-refractivity contribution in [3.05, 3.63) is 27.3 Å². The van der Waals surface area contributed by atoms with Crippen molar-refractivity contribution in [1.29, 1.82) is 0 Å². The number of nitrogens with zero attached hydrogens (tertiary/aromatic N) is 1. The van der Waals surface area contributed by atoms with E-state index in [-0.39, 0.29) is 17.1 Å². The van der Waals surface area contributed by atoms with Crippen molar-refractivity contribution in [3.63, 3.8) is 0 Å². The molecule has 0 amide bonds. The van der Waals surface area contributed by atoms with Crippen LogP contribution in [0.3, 0.4) is 0 Å². The van der Waals surface area contributed by atoms with Crippen LogP contribution in [0.2, 0.25) is 0 Å². The lowest BCUT2D eigenvalue weighted by Crippen LogP contribution is -2.07. The van der Waals surface area contributed by atoms with Crippen LogP contribution < -0.4 is 9.47 Å². The minimum atomic E-state index is -1.39. The molecular formula is C10H11NO6. The van der Waals surface area contributed by atoms with Gasteiger partial charge in [0, 0.05) is 6.07 Å². The number of hydrogen-bond acceptors (Lipinski definition) is 5. The van der Waals surface area contributed by atoms with Crippen molar-refractivity contribution in [1.82, 2.24) is 0 Å². The number of methoxy groups -OCH3 is 2. The largest absolute Gasteiger partial charge is 0.493 e. The fraction of sp³-hybridized carbons (Fsp3) is 0.300. The lowest BCUT2D eigenvalue weighted by molar-refractivity contribution is -0.385. The number of benzene rings is 1. The van der Waals surface area contributed by atoms with Gasteiger partial charge in [-0.3, -0.25) is 10.1 Å². The number of carboxylic acids is 1. The van der Waals surface area contributed by atoms with Crippen LogP contribution in [-0.2, 0) is 0 Å². The van der Waals surface area contributed by atoms with Crippen LogP contribution >= 0.6 is 0 Å². The molecule has 0 heterocycles.